The zero-order chi connectivity index (χ0) is 21.3. The van der Waals surface area contributed by atoms with Crippen LogP contribution >= 0.6 is 24.0 Å². The van der Waals surface area contributed by atoms with Crippen molar-refractivity contribution in [1.82, 2.24) is 15.1 Å². The number of nitrogens with zero attached hydrogens (tertiary/aromatic N) is 4. The lowest BCUT2D eigenvalue weighted by atomic mass is 9.98. The second-order valence-corrected chi connectivity index (χ2v) is 8.31. The smallest absolute Gasteiger partial charge is 0.222 e. The first-order valence-electron chi connectivity index (χ1n) is 11.8. The summed E-state index contributed by atoms with van der Waals surface area (Å²) in [4.78, 5) is 23.8. The van der Waals surface area contributed by atoms with Gasteiger partial charge in [-0.05, 0) is 50.9 Å². The van der Waals surface area contributed by atoms with E-state index in [2.05, 4.69) is 60.2 Å². The molecule has 1 atom stereocenters. The van der Waals surface area contributed by atoms with Crippen molar-refractivity contribution < 1.29 is 4.79 Å². The van der Waals surface area contributed by atoms with E-state index >= 15 is 0 Å². The summed E-state index contributed by atoms with van der Waals surface area (Å²) in [6.07, 6.45) is 3.92. The summed E-state index contributed by atoms with van der Waals surface area (Å²) >= 11 is 0. The molecule has 0 aromatic heterocycles. The molecule has 2 aliphatic heterocycles. The Morgan fingerprint density at radius 3 is 2.71 bits per heavy atom. The fraction of sp³-hybridized carbons (Fsp3) is 0.667. The highest BCUT2D eigenvalue weighted by Crippen LogP contribution is 2.38. The summed E-state index contributed by atoms with van der Waals surface area (Å²) in [5, 5.41) is 3.51. The van der Waals surface area contributed by atoms with Gasteiger partial charge in [-0.25, -0.2) is 0 Å². The second kappa shape index (κ2) is 13.3. The molecule has 31 heavy (non-hydrogen) atoms. The largest absolute Gasteiger partial charge is 0.356 e. The van der Waals surface area contributed by atoms with Crippen LogP contribution in [0.1, 0.15) is 57.9 Å². The van der Waals surface area contributed by atoms with E-state index in [1.807, 2.05) is 4.90 Å². The van der Waals surface area contributed by atoms with Gasteiger partial charge in [0.25, 0.3) is 0 Å². The molecule has 1 aromatic rings. The summed E-state index contributed by atoms with van der Waals surface area (Å²) in [7, 11) is 0. The molecule has 1 unspecified atom stereocenters. The van der Waals surface area contributed by atoms with E-state index < -0.39 is 0 Å². The molecule has 2 heterocycles. The van der Waals surface area contributed by atoms with Crippen LogP contribution in [-0.4, -0.2) is 74.0 Å². The summed E-state index contributed by atoms with van der Waals surface area (Å²) in [6.45, 7) is 14.2. The zero-order valence-electron chi connectivity index (χ0n) is 19.5. The molecule has 6 nitrogen and oxygen atoms in total. The minimum atomic E-state index is 0. The summed E-state index contributed by atoms with van der Waals surface area (Å²) < 4.78 is 0. The molecule has 1 aromatic carbocycles. The zero-order valence-corrected chi connectivity index (χ0v) is 21.8. The number of carbonyl (C=O) groups is 1. The quantitative estimate of drug-likeness (QED) is 0.277. The topological polar surface area (TPSA) is 51.2 Å². The van der Waals surface area contributed by atoms with Crippen LogP contribution in [0.25, 0.3) is 0 Å². The maximum Gasteiger partial charge on any atom is 0.222 e. The molecule has 0 saturated carbocycles. The van der Waals surface area contributed by atoms with Crippen molar-refractivity contribution in [3.8, 4) is 0 Å². The number of carbonyl (C=O) groups excluding carboxylic acids is 1. The van der Waals surface area contributed by atoms with E-state index in [1.165, 1.54) is 17.7 Å². The summed E-state index contributed by atoms with van der Waals surface area (Å²) in [5.74, 6) is 1.74. The van der Waals surface area contributed by atoms with E-state index in [4.69, 9.17) is 4.99 Å². The van der Waals surface area contributed by atoms with Gasteiger partial charge in [-0.15, -0.1) is 24.0 Å². The average Bonchev–Trinajstić information content (AvgIpc) is 3.34. The molecular weight excluding hydrogens is 501 g/mol. The van der Waals surface area contributed by atoms with Crippen molar-refractivity contribution in [2.45, 2.75) is 52.4 Å². The number of fused-ring (bicyclic) bond motifs is 1. The number of hydrogen-bond donors (Lipinski definition) is 1. The van der Waals surface area contributed by atoms with Crippen LogP contribution < -0.4 is 10.2 Å². The van der Waals surface area contributed by atoms with Gasteiger partial charge in [-0.3, -0.25) is 9.79 Å². The van der Waals surface area contributed by atoms with Crippen molar-refractivity contribution >= 4 is 41.5 Å². The molecule has 1 saturated heterocycles. The van der Waals surface area contributed by atoms with Crippen molar-refractivity contribution in [1.29, 1.82) is 0 Å². The molecule has 174 valence electrons. The van der Waals surface area contributed by atoms with Crippen LogP contribution in [0.5, 0.6) is 0 Å². The first-order chi connectivity index (χ1) is 14.7. The lowest BCUT2D eigenvalue weighted by Crippen LogP contribution is -2.41. The van der Waals surface area contributed by atoms with Crippen molar-refractivity contribution in [3.05, 3.63) is 29.8 Å². The van der Waals surface area contributed by atoms with Crippen LogP contribution in [0.2, 0.25) is 0 Å². The Balaban J connectivity index is 0.00000341. The fourth-order valence-corrected chi connectivity index (χ4v) is 4.63. The number of halogens is 1. The molecule has 1 amide bonds. The monoisotopic (exact) mass is 541 g/mol. The molecule has 0 bridgehead atoms. The van der Waals surface area contributed by atoms with Crippen LogP contribution in [-0.2, 0) is 4.79 Å². The first-order valence-corrected chi connectivity index (χ1v) is 11.8. The number of amides is 1. The van der Waals surface area contributed by atoms with Gasteiger partial charge in [0, 0.05) is 50.7 Å². The van der Waals surface area contributed by atoms with Crippen LogP contribution in [0.4, 0.5) is 5.69 Å². The number of likely N-dealkylation sites (N-methyl/N-ethyl adjacent to an activating group) is 1. The molecule has 7 heteroatoms. The summed E-state index contributed by atoms with van der Waals surface area (Å²) in [5.41, 5.74) is 2.65. The fourth-order valence-electron chi connectivity index (χ4n) is 4.63. The number of likely N-dealkylation sites (tertiary alicyclic amines) is 1. The van der Waals surface area contributed by atoms with E-state index in [0.717, 1.165) is 77.6 Å². The molecule has 1 N–H and O–H groups in total. The SMILES string of the molecule is CCCN(CC)CCN=C(NCC)N1CC(CCN2CCCC2=O)c2ccccc21.I. The lowest BCUT2D eigenvalue weighted by molar-refractivity contribution is -0.127. The molecule has 0 spiro atoms. The van der Waals surface area contributed by atoms with Gasteiger partial charge in [0.1, 0.15) is 0 Å². The number of rotatable bonds is 10. The number of para-hydroxylation sites is 1. The van der Waals surface area contributed by atoms with Crippen molar-refractivity contribution in [3.63, 3.8) is 0 Å². The lowest BCUT2D eigenvalue weighted by Gasteiger charge is -2.24. The van der Waals surface area contributed by atoms with Crippen LogP contribution in [0.15, 0.2) is 29.3 Å². The number of anilines is 1. The third-order valence-corrected chi connectivity index (χ3v) is 6.24. The van der Waals surface area contributed by atoms with E-state index in [0.29, 0.717) is 11.8 Å². The van der Waals surface area contributed by atoms with Gasteiger partial charge in [-0.1, -0.05) is 32.0 Å². The minimum absolute atomic E-state index is 0. The maximum absolute atomic E-state index is 12.0. The van der Waals surface area contributed by atoms with Crippen LogP contribution in [0.3, 0.4) is 0 Å². The predicted octanol–water partition coefficient (Wildman–Crippen LogP) is 3.92. The summed E-state index contributed by atoms with van der Waals surface area (Å²) in [6, 6.07) is 8.69. The van der Waals surface area contributed by atoms with Gasteiger partial charge in [-0.2, -0.15) is 0 Å². The predicted molar refractivity (Wildman–Crippen MR) is 141 cm³/mol. The second-order valence-electron chi connectivity index (χ2n) is 8.31. The number of nitrogens with one attached hydrogen (secondary N) is 1. The van der Waals surface area contributed by atoms with Gasteiger partial charge >= 0.3 is 0 Å². The number of benzene rings is 1. The first kappa shape index (κ1) is 25.9. The standard InChI is InChI=1S/C24H39N5O.HI/c1-4-15-27(6-3)18-14-26-24(25-5-2)29-19-20(21-10-7-8-11-22(21)29)13-17-28-16-9-12-23(28)30;/h7-8,10-11,20H,4-6,9,12-19H2,1-3H3,(H,25,26);1H. The molecule has 3 rings (SSSR count). The van der Waals surface area contributed by atoms with Crippen LogP contribution in [0, 0.1) is 0 Å². The van der Waals surface area contributed by atoms with Gasteiger partial charge < -0.3 is 20.0 Å². The average molecular weight is 542 g/mol. The molecule has 0 aliphatic carbocycles. The van der Waals surface area contributed by atoms with Gasteiger partial charge in [0.15, 0.2) is 5.96 Å². The van der Waals surface area contributed by atoms with E-state index in [-0.39, 0.29) is 24.0 Å². The Hall–Kier alpha value is -1.35. The molecular formula is C24H40IN5O. The van der Waals surface area contributed by atoms with E-state index in [1.54, 1.807) is 0 Å². The Labute approximate surface area is 205 Å². The number of guanidine groups is 1. The third kappa shape index (κ3) is 6.81. The Bertz CT molecular complexity index is 726. The Morgan fingerprint density at radius 2 is 2.03 bits per heavy atom. The number of aliphatic imine (C=N–C) groups is 1. The minimum Gasteiger partial charge on any atom is -0.356 e. The highest BCUT2D eigenvalue weighted by atomic mass is 127. The van der Waals surface area contributed by atoms with Crippen molar-refractivity contribution in [2.75, 3.05) is 57.3 Å². The van der Waals surface area contributed by atoms with E-state index in [9.17, 15) is 4.79 Å². The molecule has 2 aliphatic rings. The molecule has 0 radical (unpaired) electrons. The Morgan fingerprint density at radius 1 is 1.23 bits per heavy atom. The molecule has 1 fully saturated rings. The van der Waals surface area contributed by atoms with Gasteiger partial charge in [0.05, 0.1) is 6.54 Å². The highest BCUT2D eigenvalue weighted by molar-refractivity contribution is 14.0. The normalized spacial score (nSPS) is 18.5. The maximum atomic E-state index is 12.0. The van der Waals surface area contributed by atoms with Crippen molar-refractivity contribution in [2.24, 2.45) is 4.99 Å². The Kier molecular flexibility index (Phi) is 11.1. The third-order valence-electron chi connectivity index (χ3n) is 6.24. The highest BCUT2D eigenvalue weighted by Gasteiger charge is 2.32. The number of hydrogen-bond acceptors (Lipinski definition) is 3. The van der Waals surface area contributed by atoms with Gasteiger partial charge in [0.2, 0.25) is 5.91 Å².